The molecule has 2 heteroatoms. The fourth-order valence-corrected chi connectivity index (χ4v) is 0.216. The minimum absolute atomic E-state index is 1.00. The summed E-state index contributed by atoms with van der Waals surface area (Å²) >= 11 is 0. The first-order valence-corrected chi connectivity index (χ1v) is 1.82. The molecule has 0 rings (SSSR count). The van der Waals surface area contributed by atoms with Crippen LogP contribution in [0.25, 0.3) is 0 Å². The van der Waals surface area contributed by atoms with Gasteiger partial charge in [0, 0.05) is 13.2 Å². The molecule has 36 valence electrons. The van der Waals surface area contributed by atoms with Gasteiger partial charge in [0.1, 0.15) is 0 Å². The Hall–Kier alpha value is -0.500. The molecule has 0 bridgehead atoms. The average molecular weight is 87.1 g/mol. The lowest BCUT2D eigenvalue weighted by atomic mass is 10.7. The molecule has 0 aromatic carbocycles. The predicted molar refractivity (Wildman–Crippen MR) is 24.4 cm³/mol. The van der Waals surface area contributed by atoms with Gasteiger partial charge in [-0.25, -0.2) is 0 Å². The van der Waals surface area contributed by atoms with Crippen molar-refractivity contribution in [3.63, 3.8) is 0 Å². The second-order valence-corrected chi connectivity index (χ2v) is 1.06. The number of hydrogen-bond acceptors (Lipinski definition) is 2. The Morgan fingerprint density at radius 3 is 2.17 bits per heavy atom. The van der Waals surface area contributed by atoms with E-state index >= 15 is 0 Å². The zero-order valence-electron chi connectivity index (χ0n) is 4.05. The molecular weight excluding hydrogens is 78.0 g/mol. The molecule has 2 nitrogen and oxygen atoms in total. The predicted octanol–water partition coefficient (Wildman–Crippen LogP) is 0.841. The molecule has 0 aromatic rings. The maximum Gasteiger partial charge on any atom is 0.0334 e. The molecular formula is C4H9NO. The number of allylic oxidation sites excluding steroid dienone is 1. The van der Waals surface area contributed by atoms with E-state index < -0.39 is 0 Å². The Bertz CT molecular complexity index is 49.5. The molecule has 0 unspecified atom stereocenters. The summed E-state index contributed by atoms with van der Waals surface area (Å²) in [5, 5.41) is 9.30. The molecule has 0 saturated carbocycles. The summed E-state index contributed by atoms with van der Waals surface area (Å²) in [6.45, 7) is 1.84. The standard InChI is InChI=1S/C4H9NO/c1-3-4-5(2)6/h3-4,6H,1-2H3/b4-3+. The van der Waals surface area contributed by atoms with E-state index in [-0.39, 0.29) is 0 Å². The molecule has 6 heavy (non-hydrogen) atoms. The van der Waals surface area contributed by atoms with Crippen molar-refractivity contribution in [1.82, 2.24) is 5.06 Å². The largest absolute Gasteiger partial charge is 0.289 e. The van der Waals surface area contributed by atoms with E-state index in [1.54, 1.807) is 19.3 Å². The SMILES string of the molecule is C/C=C/N(C)O. The van der Waals surface area contributed by atoms with E-state index in [9.17, 15) is 0 Å². The van der Waals surface area contributed by atoms with Gasteiger partial charge in [-0.05, 0) is 6.92 Å². The highest BCUT2D eigenvalue weighted by molar-refractivity contribution is 4.69. The topological polar surface area (TPSA) is 23.5 Å². The van der Waals surface area contributed by atoms with E-state index in [4.69, 9.17) is 5.21 Å². The Kier molecular flexibility index (Phi) is 2.50. The summed E-state index contributed by atoms with van der Waals surface area (Å²) in [7, 11) is 1.56. The summed E-state index contributed by atoms with van der Waals surface area (Å²) in [6, 6.07) is 0. The third kappa shape index (κ3) is 3.50. The van der Waals surface area contributed by atoms with E-state index in [2.05, 4.69) is 0 Å². The van der Waals surface area contributed by atoms with Crippen LogP contribution >= 0.6 is 0 Å². The summed E-state index contributed by atoms with van der Waals surface area (Å²) < 4.78 is 0. The lowest BCUT2D eigenvalue weighted by Crippen LogP contribution is -2.00. The van der Waals surface area contributed by atoms with Crippen LogP contribution in [0.3, 0.4) is 0 Å². The van der Waals surface area contributed by atoms with Crippen molar-refractivity contribution in [2.45, 2.75) is 6.92 Å². The zero-order chi connectivity index (χ0) is 4.99. The fourth-order valence-electron chi connectivity index (χ4n) is 0.216. The Balaban J connectivity index is 3.03. The van der Waals surface area contributed by atoms with Crippen molar-refractivity contribution in [1.29, 1.82) is 0 Å². The van der Waals surface area contributed by atoms with Crippen molar-refractivity contribution >= 4 is 0 Å². The van der Waals surface area contributed by atoms with Crippen molar-refractivity contribution in [3.05, 3.63) is 12.3 Å². The van der Waals surface area contributed by atoms with Gasteiger partial charge in [-0.3, -0.25) is 10.3 Å². The van der Waals surface area contributed by atoms with Gasteiger partial charge < -0.3 is 0 Å². The third-order valence-corrected chi connectivity index (χ3v) is 0.365. The van der Waals surface area contributed by atoms with Gasteiger partial charge >= 0.3 is 0 Å². The van der Waals surface area contributed by atoms with E-state index in [0.717, 1.165) is 5.06 Å². The Morgan fingerprint density at radius 2 is 2.17 bits per heavy atom. The number of rotatable bonds is 1. The molecule has 1 N–H and O–H groups in total. The van der Waals surface area contributed by atoms with E-state index in [1.807, 2.05) is 6.92 Å². The van der Waals surface area contributed by atoms with Crippen LogP contribution in [-0.2, 0) is 0 Å². The molecule has 0 amide bonds. The van der Waals surface area contributed by atoms with Gasteiger partial charge in [0.2, 0.25) is 0 Å². The van der Waals surface area contributed by atoms with Crippen LogP contribution in [0, 0.1) is 0 Å². The normalized spacial score (nSPS) is 9.83. The molecule has 0 saturated heterocycles. The van der Waals surface area contributed by atoms with Gasteiger partial charge in [-0.2, -0.15) is 0 Å². The maximum absolute atomic E-state index is 8.30. The molecule has 0 aromatic heterocycles. The highest BCUT2D eigenvalue weighted by atomic mass is 16.5. The monoisotopic (exact) mass is 87.1 g/mol. The molecule has 0 radical (unpaired) electrons. The Morgan fingerprint density at radius 1 is 1.67 bits per heavy atom. The molecule has 0 heterocycles. The number of nitrogens with zero attached hydrogens (tertiary/aromatic N) is 1. The van der Waals surface area contributed by atoms with Gasteiger partial charge in [0.15, 0.2) is 0 Å². The first-order chi connectivity index (χ1) is 2.77. The molecule has 0 aliphatic carbocycles. The molecule has 0 spiro atoms. The minimum Gasteiger partial charge on any atom is -0.289 e. The minimum atomic E-state index is 1.00. The maximum atomic E-state index is 8.30. The van der Waals surface area contributed by atoms with E-state index in [1.165, 1.54) is 0 Å². The van der Waals surface area contributed by atoms with Crippen molar-refractivity contribution in [2.75, 3.05) is 7.05 Å². The highest BCUT2D eigenvalue weighted by Crippen LogP contribution is 1.71. The first kappa shape index (κ1) is 5.50. The first-order valence-electron chi connectivity index (χ1n) is 1.82. The van der Waals surface area contributed by atoms with Gasteiger partial charge in [0.05, 0.1) is 0 Å². The number of hydrogen-bond donors (Lipinski definition) is 1. The highest BCUT2D eigenvalue weighted by Gasteiger charge is 1.67. The van der Waals surface area contributed by atoms with Crippen LogP contribution in [0.2, 0.25) is 0 Å². The molecule has 0 atom stereocenters. The second-order valence-electron chi connectivity index (χ2n) is 1.06. The zero-order valence-corrected chi connectivity index (χ0v) is 4.05. The van der Waals surface area contributed by atoms with Crippen molar-refractivity contribution in [2.24, 2.45) is 0 Å². The fraction of sp³-hybridized carbons (Fsp3) is 0.500. The van der Waals surface area contributed by atoms with Crippen LogP contribution in [-0.4, -0.2) is 17.3 Å². The van der Waals surface area contributed by atoms with Crippen LogP contribution in [0.5, 0.6) is 0 Å². The summed E-state index contributed by atoms with van der Waals surface area (Å²) in [4.78, 5) is 0. The van der Waals surface area contributed by atoms with Gasteiger partial charge in [-0.15, -0.1) is 0 Å². The quantitative estimate of drug-likeness (QED) is 0.479. The molecule has 0 aliphatic heterocycles. The lowest BCUT2D eigenvalue weighted by molar-refractivity contribution is -0.0130. The lowest BCUT2D eigenvalue weighted by Gasteiger charge is -1.97. The van der Waals surface area contributed by atoms with Crippen molar-refractivity contribution in [3.8, 4) is 0 Å². The smallest absolute Gasteiger partial charge is 0.0334 e. The second kappa shape index (κ2) is 2.72. The van der Waals surface area contributed by atoms with E-state index in [0.29, 0.717) is 0 Å². The van der Waals surface area contributed by atoms with Crippen LogP contribution in [0.4, 0.5) is 0 Å². The summed E-state index contributed by atoms with van der Waals surface area (Å²) in [6.07, 6.45) is 3.31. The summed E-state index contributed by atoms with van der Waals surface area (Å²) in [5.41, 5.74) is 0. The van der Waals surface area contributed by atoms with Gasteiger partial charge in [0.25, 0.3) is 0 Å². The molecule has 0 fully saturated rings. The summed E-state index contributed by atoms with van der Waals surface area (Å²) in [5.74, 6) is 0. The third-order valence-electron chi connectivity index (χ3n) is 0.365. The van der Waals surface area contributed by atoms with Crippen molar-refractivity contribution < 1.29 is 5.21 Å². The average Bonchev–Trinajstić information content (AvgIpc) is 1.35. The van der Waals surface area contributed by atoms with Crippen LogP contribution in [0.1, 0.15) is 6.92 Å². The van der Waals surface area contributed by atoms with Gasteiger partial charge in [-0.1, -0.05) is 6.08 Å². The Labute approximate surface area is 37.7 Å². The number of hydroxylamine groups is 2. The van der Waals surface area contributed by atoms with Crippen LogP contribution in [0.15, 0.2) is 12.3 Å². The molecule has 0 aliphatic rings. The van der Waals surface area contributed by atoms with Crippen LogP contribution < -0.4 is 0 Å².